The van der Waals surface area contributed by atoms with Crippen LogP contribution in [0.1, 0.15) is 136 Å². The van der Waals surface area contributed by atoms with Gasteiger partial charge in [0.1, 0.15) is 0 Å². The molecule has 1 unspecified atom stereocenters. The van der Waals surface area contributed by atoms with Crippen LogP contribution in [0.4, 0.5) is 0 Å². The molecule has 0 amide bonds. The number of rotatable bonds is 18. The molecule has 0 aromatic heterocycles. The third kappa shape index (κ3) is 8.03. The first kappa shape index (κ1) is 32.0. The van der Waals surface area contributed by atoms with Crippen molar-refractivity contribution in [2.75, 3.05) is 6.54 Å². The van der Waals surface area contributed by atoms with E-state index in [0.717, 1.165) is 18.4 Å². The Morgan fingerprint density at radius 3 is 1.46 bits per heavy atom. The molecule has 2 aliphatic heterocycles. The summed E-state index contributed by atoms with van der Waals surface area (Å²) in [5, 5.41) is 3.52. The summed E-state index contributed by atoms with van der Waals surface area (Å²) in [6.07, 6.45) is 18.1. The Balaban J connectivity index is 1.51. The molecule has 2 aliphatic rings. The Labute approximate surface area is 236 Å². The molecule has 0 aliphatic carbocycles. The molecule has 1 spiro atoms. The van der Waals surface area contributed by atoms with Crippen molar-refractivity contribution in [3.05, 3.63) is 35.9 Å². The van der Waals surface area contributed by atoms with Crippen LogP contribution in [-0.2, 0) is 27.7 Å². The Morgan fingerprint density at radius 2 is 1.08 bits per heavy atom. The molecule has 2 fully saturated rings. The molecule has 1 aromatic carbocycles. The fourth-order valence-corrected chi connectivity index (χ4v) is 10.0. The molecule has 1 N–H and O–H groups in total. The summed E-state index contributed by atoms with van der Waals surface area (Å²) in [7, 11) is -4.71. The summed E-state index contributed by atoms with van der Waals surface area (Å²) in [6, 6.07) is 9.54. The number of carbonyl (C=O) groups is 2. The van der Waals surface area contributed by atoms with Gasteiger partial charge in [-0.05, 0) is 0 Å². The van der Waals surface area contributed by atoms with Crippen molar-refractivity contribution in [3.8, 4) is 0 Å². The molecule has 0 saturated carbocycles. The van der Waals surface area contributed by atoms with Crippen molar-refractivity contribution in [2.24, 2.45) is 0 Å². The number of carbonyl (C=O) groups excluding carboxylic acids is 2. The van der Waals surface area contributed by atoms with Gasteiger partial charge in [-0.25, -0.2) is 0 Å². The third-order valence-electron chi connectivity index (χ3n) is 7.67. The van der Waals surface area contributed by atoms with Gasteiger partial charge in [0.2, 0.25) is 0 Å². The van der Waals surface area contributed by atoms with E-state index in [-0.39, 0.29) is 0 Å². The summed E-state index contributed by atoms with van der Waals surface area (Å²) >= 11 is 0. The van der Waals surface area contributed by atoms with E-state index in [4.69, 9.17) is 18.1 Å². The van der Waals surface area contributed by atoms with E-state index < -0.39 is 36.4 Å². The minimum atomic E-state index is -4.71. The first-order valence-corrected chi connectivity index (χ1v) is 17.2. The fraction of sp³-hybridized carbons (Fsp3) is 0.742. The predicted molar refractivity (Wildman–Crippen MR) is 157 cm³/mol. The first-order valence-electron chi connectivity index (χ1n) is 15.3. The molecule has 2 saturated heterocycles. The summed E-state index contributed by atoms with van der Waals surface area (Å²) in [4.78, 5) is 25.8. The van der Waals surface area contributed by atoms with E-state index in [9.17, 15) is 9.59 Å². The van der Waals surface area contributed by atoms with Crippen LogP contribution in [0.5, 0.6) is 0 Å². The predicted octanol–water partition coefficient (Wildman–Crippen LogP) is 8.67. The average molecular weight is 566 g/mol. The molecule has 0 radical (unpaired) electrons. The van der Waals surface area contributed by atoms with Gasteiger partial charge in [-0.3, -0.25) is 0 Å². The van der Waals surface area contributed by atoms with Gasteiger partial charge in [0.15, 0.2) is 0 Å². The van der Waals surface area contributed by atoms with E-state index in [0.29, 0.717) is 6.54 Å². The van der Waals surface area contributed by atoms with Crippen molar-refractivity contribution in [1.82, 2.24) is 5.32 Å². The summed E-state index contributed by atoms with van der Waals surface area (Å²) < 4.78 is 24.6. The first-order chi connectivity index (χ1) is 18.5. The second-order valence-corrected chi connectivity index (χ2v) is 15.2. The molecule has 2 heterocycles. The molecule has 39 heavy (non-hydrogen) atoms. The number of hydrogen-bond donors (Lipinski definition) is 1. The van der Waals surface area contributed by atoms with Crippen LogP contribution >= 0.6 is 7.51 Å². The second-order valence-electron chi connectivity index (χ2n) is 12.2. The molecular weight excluding hydrogens is 513 g/mol. The normalized spacial score (nSPS) is 22.2. The van der Waals surface area contributed by atoms with E-state index in [1.165, 1.54) is 77.0 Å². The number of unbranched alkanes of at least 4 members (excludes halogenated alkanes) is 13. The van der Waals surface area contributed by atoms with Crippen LogP contribution in [-0.4, -0.2) is 29.7 Å². The quantitative estimate of drug-likeness (QED) is 0.141. The van der Waals surface area contributed by atoms with Crippen LogP contribution in [0.2, 0.25) is 0 Å². The maximum atomic E-state index is 12.9. The molecule has 7 nitrogen and oxygen atoms in total. The topological polar surface area (TPSA) is 83.1 Å². The van der Waals surface area contributed by atoms with Crippen LogP contribution in [0, 0.1) is 0 Å². The summed E-state index contributed by atoms with van der Waals surface area (Å²) in [6.45, 7) is 9.40. The number of benzene rings is 1. The Hall–Kier alpha value is -1.53. The number of nitrogens with one attached hydrogen (secondary N) is 1. The van der Waals surface area contributed by atoms with Crippen molar-refractivity contribution in [3.63, 3.8) is 0 Å². The average Bonchev–Trinajstić information content (AvgIpc) is 3.21. The van der Waals surface area contributed by atoms with Crippen molar-refractivity contribution in [2.45, 2.75) is 141 Å². The zero-order valence-corrected chi connectivity index (χ0v) is 25.9. The van der Waals surface area contributed by atoms with Gasteiger partial charge < -0.3 is 0 Å². The van der Waals surface area contributed by atoms with Crippen molar-refractivity contribution >= 4 is 19.4 Å². The Bertz CT molecular complexity index is 898. The van der Waals surface area contributed by atoms with E-state index in [1.807, 2.05) is 30.3 Å². The molecular formula is C31H52NO6P. The Morgan fingerprint density at radius 1 is 0.667 bits per heavy atom. The molecule has 1 atom stereocenters. The summed E-state index contributed by atoms with van der Waals surface area (Å²) in [5.41, 5.74) is -1.82. The second kappa shape index (κ2) is 13.9. The molecule has 8 heteroatoms. The van der Waals surface area contributed by atoms with Gasteiger partial charge in [-0.2, -0.15) is 0 Å². The van der Waals surface area contributed by atoms with Crippen LogP contribution < -0.4 is 5.32 Å². The van der Waals surface area contributed by atoms with Crippen LogP contribution in [0.3, 0.4) is 0 Å². The fourth-order valence-electron chi connectivity index (χ4n) is 5.44. The molecule has 0 bridgehead atoms. The van der Waals surface area contributed by atoms with Crippen molar-refractivity contribution in [1.29, 1.82) is 0 Å². The molecule has 1 aromatic rings. The molecule has 222 valence electrons. The van der Waals surface area contributed by atoms with Crippen molar-refractivity contribution < 1.29 is 27.7 Å². The van der Waals surface area contributed by atoms with Gasteiger partial charge in [0, 0.05) is 0 Å². The van der Waals surface area contributed by atoms with E-state index >= 15 is 0 Å². The monoisotopic (exact) mass is 565 g/mol. The number of hydrogen-bond acceptors (Lipinski definition) is 7. The summed E-state index contributed by atoms with van der Waals surface area (Å²) in [5.74, 6) is -1.93. The van der Waals surface area contributed by atoms with E-state index in [2.05, 4.69) is 12.2 Å². The maximum absolute atomic E-state index is 12.9. The van der Waals surface area contributed by atoms with Gasteiger partial charge >= 0.3 is 197 Å². The van der Waals surface area contributed by atoms with E-state index in [1.54, 1.807) is 27.7 Å². The van der Waals surface area contributed by atoms with Gasteiger partial charge in [-0.1, -0.05) is 39.0 Å². The van der Waals surface area contributed by atoms with Gasteiger partial charge in [0.05, 0.1) is 0 Å². The van der Waals surface area contributed by atoms with Crippen LogP contribution in [0.15, 0.2) is 30.3 Å². The molecule has 3 rings (SSSR count). The van der Waals surface area contributed by atoms with Gasteiger partial charge in [-0.15, -0.1) is 0 Å². The Kier molecular flexibility index (Phi) is 11.4. The third-order valence-corrected chi connectivity index (χ3v) is 11.6. The zero-order valence-electron chi connectivity index (χ0n) is 25.0. The van der Waals surface area contributed by atoms with Crippen LogP contribution in [0.25, 0.3) is 0 Å². The standard InChI is InChI=1S/C31H52NO6P/c1-6-7-8-9-10-11-12-13-14-15-16-17-18-22-25-32-27(26-23-20-19-21-24-26)39(35-28(33)30(2,3)37-39)36-29(34)31(4,5)38-39/h19-21,23-24,27,32H,6-18,22,25H2,1-5H3. The van der Waals surface area contributed by atoms with Gasteiger partial charge in [0.25, 0.3) is 0 Å². The minimum absolute atomic E-state index is 0.593. The SMILES string of the molecule is CCCCCCCCCCCCCCCCNC(c1ccccc1)P12(OC(=O)C(C)(C)O1)OC(=O)C(C)(C)O2. The zero-order chi connectivity index (χ0) is 28.4.